The number of hydrogen-bond acceptors (Lipinski definition) is 5. The molecule has 2 atom stereocenters. The first-order valence-electron chi connectivity index (χ1n) is 9.55. The first kappa shape index (κ1) is 19.9. The number of nitrogens with zero attached hydrogens (tertiary/aromatic N) is 1. The maximum atomic E-state index is 12.3. The molecule has 1 aromatic carbocycles. The summed E-state index contributed by atoms with van der Waals surface area (Å²) in [6.45, 7) is 4.16. The van der Waals surface area contributed by atoms with Gasteiger partial charge in [0, 0.05) is 37.4 Å². The number of amides is 1. The molecular formula is C20H26N4O4. The van der Waals surface area contributed by atoms with Crippen LogP contribution >= 0.6 is 0 Å². The maximum Gasteiger partial charge on any atom is 0.325 e. The van der Waals surface area contributed by atoms with Crippen LogP contribution in [0.25, 0.3) is 0 Å². The van der Waals surface area contributed by atoms with E-state index in [9.17, 15) is 14.4 Å². The summed E-state index contributed by atoms with van der Waals surface area (Å²) in [7, 11) is 0. The lowest BCUT2D eigenvalue weighted by Gasteiger charge is -2.38. The highest BCUT2D eigenvalue weighted by Crippen LogP contribution is 2.21. The van der Waals surface area contributed by atoms with E-state index in [4.69, 9.17) is 4.74 Å². The van der Waals surface area contributed by atoms with Crippen LogP contribution in [0, 0.1) is 5.92 Å². The topological polar surface area (TPSA) is 107 Å². The Labute approximate surface area is 162 Å². The van der Waals surface area contributed by atoms with Crippen molar-refractivity contribution in [3.05, 3.63) is 62.9 Å². The van der Waals surface area contributed by atoms with E-state index in [2.05, 4.69) is 27.1 Å². The number of piperidine rings is 1. The molecule has 3 N–H and O–H groups in total. The Morgan fingerprint density at radius 2 is 2.04 bits per heavy atom. The number of carbonyl (C=O) groups excluding carboxylic acids is 1. The van der Waals surface area contributed by atoms with Gasteiger partial charge in [-0.25, -0.2) is 4.79 Å². The Morgan fingerprint density at radius 1 is 1.25 bits per heavy atom. The van der Waals surface area contributed by atoms with E-state index in [-0.39, 0.29) is 18.6 Å². The fraction of sp³-hybridized carbons (Fsp3) is 0.450. The number of likely N-dealkylation sites (tertiary alicyclic amines) is 1. The summed E-state index contributed by atoms with van der Waals surface area (Å²) < 4.78 is 5.51. The highest BCUT2D eigenvalue weighted by atomic mass is 16.5. The van der Waals surface area contributed by atoms with Crippen molar-refractivity contribution in [2.24, 2.45) is 5.92 Å². The van der Waals surface area contributed by atoms with Crippen molar-refractivity contribution in [2.75, 3.05) is 19.7 Å². The molecule has 0 bridgehead atoms. The van der Waals surface area contributed by atoms with Crippen molar-refractivity contribution in [2.45, 2.75) is 32.4 Å². The van der Waals surface area contributed by atoms with E-state index < -0.39 is 11.2 Å². The molecule has 1 aliphatic rings. The summed E-state index contributed by atoms with van der Waals surface area (Å²) in [5.41, 5.74) is -0.288. The third kappa shape index (κ3) is 5.56. The molecule has 8 heteroatoms. The number of aromatic amines is 2. The third-order valence-electron chi connectivity index (χ3n) is 5.01. The number of H-pyrrole nitrogens is 2. The average molecular weight is 386 g/mol. The van der Waals surface area contributed by atoms with Crippen LogP contribution in [0.5, 0.6) is 5.75 Å². The number of hydrogen-bond donors (Lipinski definition) is 3. The van der Waals surface area contributed by atoms with Crippen LogP contribution in [0.2, 0.25) is 0 Å². The number of carbonyl (C=O) groups is 1. The minimum atomic E-state index is -0.491. The molecule has 1 aromatic heterocycles. The van der Waals surface area contributed by atoms with Crippen molar-refractivity contribution in [1.29, 1.82) is 0 Å². The summed E-state index contributed by atoms with van der Waals surface area (Å²) in [6.07, 6.45) is 1.73. The van der Waals surface area contributed by atoms with Crippen LogP contribution in [0.15, 0.2) is 46.0 Å². The van der Waals surface area contributed by atoms with Crippen LogP contribution < -0.4 is 21.3 Å². The van der Waals surface area contributed by atoms with Crippen molar-refractivity contribution in [1.82, 2.24) is 20.2 Å². The van der Waals surface area contributed by atoms with Crippen molar-refractivity contribution in [3.63, 3.8) is 0 Å². The minimum Gasteiger partial charge on any atom is -0.484 e. The predicted octanol–water partition coefficient (Wildman–Crippen LogP) is 0.859. The van der Waals surface area contributed by atoms with Gasteiger partial charge in [0.05, 0.1) is 0 Å². The summed E-state index contributed by atoms with van der Waals surface area (Å²) in [5, 5.41) is 3.09. The van der Waals surface area contributed by atoms with Gasteiger partial charge in [-0.15, -0.1) is 0 Å². The fourth-order valence-corrected chi connectivity index (χ4v) is 3.61. The number of rotatable bonds is 7. The molecule has 1 amide bonds. The number of ether oxygens (including phenoxy) is 1. The SMILES string of the molecule is CC[C@@H]1CN(Cc2cc(=O)[nH]c(=O)[nH]2)CC[C@@H]1NC(=O)COc1ccccc1. The fourth-order valence-electron chi connectivity index (χ4n) is 3.61. The monoisotopic (exact) mass is 386 g/mol. The molecule has 1 aliphatic heterocycles. The summed E-state index contributed by atoms with van der Waals surface area (Å²) >= 11 is 0. The molecule has 0 unspecified atom stereocenters. The highest BCUT2D eigenvalue weighted by molar-refractivity contribution is 5.77. The van der Waals surface area contributed by atoms with Crippen LogP contribution in [0.3, 0.4) is 0 Å². The van der Waals surface area contributed by atoms with Gasteiger partial charge in [-0.1, -0.05) is 31.5 Å². The molecule has 28 heavy (non-hydrogen) atoms. The quantitative estimate of drug-likeness (QED) is 0.654. The van der Waals surface area contributed by atoms with Crippen LogP contribution in [-0.4, -0.2) is 46.5 Å². The Morgan fingerprint density at radius 3 is 2.75 bits per heavy atom. The van der Waals surface area contributed by atoms with Crippen molar-refractivity contribution < 1.29 is 9.53 Å². The van der Waals surface area contributed by atoms with E-state index in [0.29, 0.717) is 23.9 Å². The van der Waals surface area contributed by atoms with Gasteiger partial charge in [-0.2, -0.15) is 0 Å². The van der Waals surface area contributed by atoms with E-state index >= 15 is 0 Å². The first-order valence-corrected chi connectivity index (χ1v) is 9.55. The van der Waals surface area contributed by atoms with Crippen LogP contribution in [0.1, 0.15) is 25.5 Å². The number of nitrogens with one attached hydrogen (secondary N) is 3. The van der Waals surface area contributed by atoms with Gasteiger partial charge < -0.3 is 15.0 Å². The smallest absolute Gasteiger partial charge is 0.325 e. The van der Waals surface area contributed by atoms with Gasteiger partial charge in [0.2, 0.25) is 0 Å². The normalized spacial score (nSPS) is 19.9. The molecule has 0 spiro atoms. The summed E-state index contributed by atoms with van der Waals surface area (Å²) in [4.78, 5) is 42.2. The minimum absolute atomic E-state index is 0.00527. The molecule has 3 rings (SSSR count). The number of aromatic nitrogens is 2. The van der Waals surface area contributed by atoms with Crippen molar-refractivity contribution in [3.8, 4) is 5.75 Å². The van der Waals surface area contributed by atoms with Crippen LogP contribution in [0.4, 0.5) is 0 Å². The summed E-state index contributed by atoms with van der Waals surface area (Å²) in [6, 6.07) is 10.8. The van der Waals surface area contributed by atoms with Gasteiger partial charge >= 0.3 is 5.69 Å². The molecule has 150 valence electrons. The molecule has 0 aliphatic carbocycles. The largest absolute Gasteiger partial charge is 0.484 e. The van der Waals surface area contributed by atoms with Gasteiger partial charge in [0.1, 0.15) is 5.75 Å². The van der Waals surface area contributed by atoms with Gasteiger partial charge in [0.15, 0.2) is 6.61 Å². The average Bonchev–Trinajstić information content (AvgIpc) is 2.67. The second-order valence-corrected chi connectivity index (χ2v) is 7.08. The summed E-state index contributed by atoms with van der Waals surface area (Å²) in [5.74, 6) is 0.842. The second-order valence-electron chi connectivity index (χ2n) is 7.08. The Kier molecular flexibility index (Phi) is 6.65. The van der Waals surface area contributed by atoms with E-state index in [1.54, 1.807) is 0 Å². The molecule has 2 heterocycles. The zero-order chi connectivity index (χ0) is 19.9. The lowest BCUT2D eigenvalue weighted by Crippen LogP contribution is -2.51. The van der Waals surface area contributed by atoms with Crippen LogP contribution in [-0.2, 0) is 11.3 Å². The Hall–Kier alpha value is -2.87. The predicted molar refractivity (Wildman–Crippen MR) is 105 cm³/mol. The van der Waals surface area contributed by atoms with Gasteiger partial charge in [0.25, 0.3) is 11.5 Å². The highest BCUT2D eigenvalue weighted by Gasteiger charge is 2.29. The Bertz CT molecular complexity index is 865. The number of benzene rings is 1. The van der Waals surface area contributed by atoms with Gasteiger partial charge in [-0.3, -0.25) is 19.5 Å². The third-order valence-corrected chi connectivity index (χ3v) is 5.01. The molecule has 2 aromatic rings. The molecule has 1 fully saturated rings. The first-order chi connectivity index (χ1) is 13.5. The molecule has 8 nitrogen and oxygen atoms in total. The standard InChI is InChI=1S/C20H26N4O4/c1-2-14-11-24(12-15-10-18(25)23-20(27)21-15)9-8-17(14)22-19(26)13-28-16-6-4-3-5-7-16/h3-7,10,14,17H,2,8-9,11-13H2,1H3,(H,22,26)(H2,21,23,25,27)/t14-,17+/m1/s1. The Balaban J connectivity index is 1.51. The van der Waals surface area contributed by atoms with E-state index in [1.165, 1.54) is 6.07 Å². The van der Waals surface area contributed by atoms with E-state index in [1.807, 2.05) is 30.3 Å². The number of para-hydroxylation sites is 1. The molecule has 0 radical (unpaired) electrons. The molecule has 1 saturated heterocycles. The zero-order valence-corrected chi connectivity index (χ0v) is 15.9. The zero-order valence-electron chi connectivity index (χ0n) is 15.9. The molecule has 0 saturated carbocycles. The van der Waals surface area contributed by atoms with Crippen molar-refractivity contribution >= 4 is 5.91 Å². The lowest BCUT2D eigenvalue weighted by molar-refractivity contribution is -0.124. The lowest BCUT2D eigenvalue weighted by atomic mass is 9.89. The second kappa shape index (κ2) is 9.36. The van der Waals surface area contributed by atoms with Gasteiger partial charge in [-0.05, 0) is 24.5 Å². The van der Waals surface area contributed by atoms with E-state index in [0.717, 1.165) is 25.9 Å². The molecular weight excluding hydrogens is 360 g/mol. The maximum absolute atomic E-state index is 12.3.